The molecule has 0 spiro atoms. The number of amidine groups is 1. The molecule has 86 valence electrons. The van der Waals surface area contributed by atoms with Gasteiger partial charge in [0.05, 0.1) is 17.4 Å². The van der Waals surface area contributed by atoms with Crippen LogP contribution in [0.3, 0.4) is 0 Å². The zero-order chi connectivity index (χ0) is 11.6. The Morgan fingerprint density at radius 1 is 1.50 bits per heavy atom. The second-order valence-electron chi connectivity index (χ2n) is 4.43. The number of hydrogen-bond acceptors (Lipinski definition) is 4. The molecule has 4 heteroatoms. The largest absolute Gasteiger partial charge is 0.334 e. The first-order valence-electron chi connectivity index (χ1n) is 5.53. The number of nitrogens with one attached hydrogen (secondary N) is 1. The van der Waals surface area contributed by atoms with Crippen LogP contribution in [0.25, 0.3) is 0 Å². The van der Waals surface area contributed by atoms with Gasteiger partial charge in [0.1, 0.15) is 0 Å². The van der Waals surface area contributed by atoms with Crippen molar-refractivity contribution in [3.8, 4) is 0 Å². The number of nitrogens with zero attached hydrogens (tertiary/aromatic N) is 2. The zero-order valence-electron chi connectivity index (χ0n) is 9.95. The Kier molecular flexibility index (Phi) is 3.19. The summed E-state index contributed by atoms with van der Waals surface area (Å²) < 4.78 is 0. The molecule has 0 aliphatic carbocycles. The van der Waals surface area contributed by atoms with E-state index in [1.165, 1.54) is 0 Å². The standard InChI is InChI=1S/C12H17N3S/c1-4-12(3)8-16-11(15-12)14-10-5-9(2)6-13-7-10/h5-7H,4,8H2,1-3H3,(H,14,15). The van der Waals surface area contributed by atoms with Gasteiger partial charge in [0.2, 0.25) is 0 Å². The molecule has 1 aliphatic rings. The molecular formula is C12H17N3S. The third-order valence-corrected chi connectivity index (χ3v) is 4.01. The maximum atomic E-state index is 4.70. The molecule has 1 unspecified atom stereocenters. The van der Waals surface area contributed by atoms with E-state index in [-0.39, 0.29) is 5.54 Å². The quantitative estimate of drug-likeness (QED) is 0.856. The number of hydrogen-bond donors (Lipinski definition) is 1. The summed E-state index contributed by atoms with van der Waals surface area (Å²) >= 11 is 1.79. The van der Waals surface area contributed by atoms with Gasteiger partial charge in [-0.25, -0.2) is 0 Å². The summed E-state index contributed by atoms with van der Waals surface area (Å²) in [4.78, 5) is 8.86. The number of pyridine rings is 1. The number of anilines is 1. The minimum atomic E-state index is 0.101. The first-order valence-corrected chi connectivity index (χ1v) is 6.51. The maximum absolute atomic E-state index is 4.70. The van der Waals surface area contributed by atoms with Crippen LogP contribution in [0, 0.1) is 6.92 Å². The third kappa shape index (κ3) is 2.55. The summed E-state index contributed by atoms with van der Waals surface area (Å²) in [5, 5.41) is 4.33. The van der Waals surface area contributed by atoms with Crippen molar-refractivity contribution in [2.24, 2.45) is 4.99 Å². The van der Waals surface area contributed by atoms with Crippen molar-refractivity contribution in [1.29, 1.82) is 0 Å². The van der Waals surface area contributed by atoms with E-state index in [0.29, 0.717) is 0 Å². The number of thioether (sulfide) groups is 1. The Bertz CT molecular complexity index is 416. The second-order valence-corrected chi connectivity index (χ2v) is 5.40. The van der Waals surface area contributed by atoms with Crippen molar-refractivity contribution >= 4 is 22.6 Å². The molecule has 0 bridgehead atoms. The minimum absolute atomic E-state index is 0.101. The summed E-state index contributed by atoms with van der Waals surface area (Å²) in [6.45, 7) is 6.42. The summed E-state index contributed by atoms with van der Waals surface area (Å²) in [5.74, 6) is 1.06. The van der Waals surface area contributed by atoms with Crippen LogP contribution >= 0.6 is 11.8 Å². The number of aryl methyl sites for hydroxylation is 1. The van der Waals surface area contributed by atoms with Crippen LogP contribution in [0.15, 0.2) is 23.5 Å². The van der Waals surface area contributed by atoms with Gasteiger partial charge >= 0.3 is 0 Å². The fourth-order valence-corrected chi connectivity index (χ4v) is 2.72. The molecule has 0 radical (unpaired) electrons. The highest BCUT2D eigenvalue weighted by Crippen LogP contribution is 2.30. The molecule has 0 aromatic carbocycles. The number of rotatable bonds is 2. The van der Waals surface area contributed by atoms with E-state index in [1.54, 1.807) is 11.8 Å². The van der Waals surface area contributed by atoms with E-state index in [1.807, 2.05) is 19.3 Å². The predicted octanol–water partition coefficient (Wildman–Crippen LogP) is 3.07. The van der Waals surface area contributed by atoms with Gasteiger partial charge < -0.3 is 5.32 Å². The first kappa shape index (κ1) is 11.5. The maximum Gasteiger partial charge on any atom is 0.161 e. The molecule has 1 atom stereocenters. The van der Waals surface area contributed by atoms with E-state index in [2.05, 4.69) is 30.2 Å². The van der Waals surface area contributed by atoms with E-state index in [4.69, 9.17) is 4.99 Å². The lowest BCUT2D eigenvalue weighted by atomic mass is 10.0. The Morgan fingerprint density at radius 3 is 2.94 bits per heavy atom. The molecular weight excluding hydrogens is 218 g/mol. The van der Waals surface area contributed by atoms with Gasteiger partial charge in [0.25, 0.3) is 0 Å². The Balaban J connectivity index is 2.09. The Labute approximate surface area is 101 Å². The van der Waals surface area contributed by atoms with E-state index in [0.717, 1.165) is 28.6 Å². The third-order valence-electron chi connectivity index (χ3n) is 2.78. The number of aliphatic imine (C=N–C) groups is 1. The van der Waals surface area contributed by atoms with Crippen LogP contribution < -0.4 is 5.32 Å². The van der Waals surface area contributed by atoms with E-state index < -0.39 is 0 Å². The molecule has 1 aromatic rings. The molecule has 0 amide bonds. The topological polar surface area (TPSA) is 37.3 Å². The van der Waals surface area contributed by atoms with Gasteiger partial charge in [-0.2, -0.15) is 0 Å². The van der Waals surface area contributed by atoms with Gasteiger partial charge in [-0.05, 0) is 31.9 Å². The zero-order valence-corrected chi connectivity index (χ0v) is 10.8. The number of aromatic nitrogens is 1. The highest BCUT2D eigenvalue weighted by atomic mass is 32.2. The average molecular weight is 235 g/mol. The summed E-state index contributed by atoms with van der Waals surface area (Å²) in [5.41, 5.74) is 2.28. The van der Waals surface area contributed by atoms with E-state index >= 15 is 0 Å². The van der Waals surface area contributed by atoms with Crippen LogP contribution in [0.5, 0.6) is 0 Å². The smallest absolute Gasteiger partial charge is 0.161 e. The lowest BCUT2D eigenvalue weighted by molar-refractivity contribution is 0.523. The second kappa shape index (κ2) is 4.45. The highest BCUT2D eigenvalue weighted by Gasteiger charge is 2.28. The molecule has 1 N–H and O–H groups in total. The van der Waals surface area contributed by atoms with Crippen molar-refractivity contribution in [1.82, 2.24) is 4.98 Å². The van der Waals surface area contributed by atoms with Crippen LogP contribution in [0.2, 0.25) is 0 Å². The van der Waals surface area contributed by atoms with Gasteiger partial charge in [0.15, 0.2) is 5.17 Å². The summed E-state index contributed by atoms with van der Waals surface area (Å²) in [6, 6.07) is 2.08. The molecule has 0 saturated heterocycles. The summed E-state index contributed by atoms with van der Waals surface area (Å²) in [7, 11) is 0. The predicted molar refractivity (Wildman–Crippen MR) is 71.2 cm³/mol. The van der Waals surface area contributed by atoms with Crippen molar-refractivity contribution in [3.63, 3.8) is 0 Å². The van der Waals surface area contributed by atoms with Crippen LogP contribution in [0.4, 0.5) is 5.69 Å². The van der Waals surface area contributed by atoms with Crippen LogP contribution in [0.1, 0.15) is 25.8 Å². The van der Waals surface area contributed by atoms with Gasteiger partial charge in [0, 0.05) is 11.9 Å². The lowest BCUT2D eigenvalue weighted by Crippen LogP contribution is -2.20. The van der Waals surface area contributed by atoms with Gasteiger partial charge in [-0.15, -0.1) is 0 Å². The average Bonchev–Trinajstić information content (AvgIpc) is 2.61. The van der Waals surface area contributed by atoms with Gasteiger partial charge in [-0.3, -0.25) is 9.98 Å². The highest BCUT2D eigenvalue weighted by molar-refractivity contribution is 8.14. The van der Waals surface area contributed by atoms with Crippen molar-refractivity contribution in [2.45, 2.75) is 32.7 Å². The molecule has 0 fully saturated rings. The molecule has 3 nitrogen and oxygen atoms in total. The van der Waals surface area contributed by atoms with Crippen molar-refractivity contribution in [3.05, 3.63) is 24.0 Å². The van der Waals surface area contributed by atoms with Crippen LogP contribution in [-0.4, -0.2) is 21.4 Å². The van der Waals surface area contributed by atoms with E-state index in [9.17, 15) is 0 Å². The molecule has 1 aromatic heterocycles. The Hall–Kier alpha value is -1.03. The lowest BCUT2D eigenvalue weighted by Gasteiger charge is -2.15. The minimum Gasteiger partial charge on any atom is -0.334 e. The molecule has 16 heavy (non-hydrogen) atoms. The molecule has 2 heterocycles. The fourth-order valence-electron chi connectivity index (χ4n) is 1.53. The summed E-state index contributed by atoms with van der Waals surface area (Å²) in [6.07, 6.45) is 4.76. The van der Waals surface area contributed by atoms with Crippen molar-refractivity contribution < 1.29 is 0 Å². The molecule has 0 saturated carbocycles. The monoisotopic (exact) mass is 235 g/mol. The first-order chi connectivity index (χ1) is 7.61. The van der Waals surface area contributed by atoms with Crippen molar-refractivity contribution in [2.75, 3.05) is 11.1 Å². The fraction of sp³-hybridized carbons (Fsp3) is 0.500. The van der Waals surface area contributed by atoms with Crippen LogP contribution in [-0.2, 0) is 0 Å². The van der Waals surface area contributed by atoms with Gasteiger partial charge in [-0.1, -0.05) is 18.7 Å². The Morgan fingerprint density at radius 2 is 2.31 bits per heavy atom. The SMILES string of the molecule is CCC1(C)CSC(Nc2cncc(C)c2)=N1. The molecule has 2 rings (SSSR count). The molecule has 1 aliphatic heterocycles. The normalized spacial score (nSPS) is 24.3.